The van der Waals surface area contributed by atoms with Crippen molar-refractivity contribution < 1.29 is 14.6 Å². The molecule has 2 aromatic carbocycles. The van der Waals surface area contributed by atoms with E-state index in [1.54, 1.807) is 14.2 Å². The zero-order valence-electron chi connectivity index (χ0n) is 15.4. The molecule has 0 radical (unpaired) electrons. The van der Waals surface area contributed by atoms with Crippen molar-refractivity contribution in [3.63, 3.8) is 0 Å². The number of anilines is 1. The number of pyridine rings is 1. The zero-order chi connectivity index (χ0) is 18.5. The number of aryl methyl sites for hydroxylation is 1. The molecule has 1 heterocycles. The molecule has 0 saturated carbocycles. The first kappa shape index (κ1) is 18.0. The molecular formula is C21H24N2O3. The summed E-state index contributed by atoms with van der Waals surface area (Å²) >= 11 is 0. The van der Waals surface area contributed by atoms with Gasteiger partial charge in [-0.25, -0.2) is 4.98 Å². The van der Waals surface area contributed by atoms with Crippen molar-refractivity contribution in [3.8, 4) is 11.5 Å². The van der Waals surface area contributed by atoms with Crippen LogP contribution in [0.3, 0.4) is 0 Å². The molecule has 3 rings (SSSR count). The Balaban J connectivity index is 2.10. The van der Waals surface area contributed by atoms with Crippen molar-refractivity contribution in [1.29, 1.82) is 0 Å². The Hall–Kier alpha value is -2.79. The smallest absolute Gasteiger partial charge is 0.145 e. The number of aliphatic hydroxyl groups is 1. The molecule has 1 N–H and O–H groups in total. The summed E-state index contributed by atoms with van der Waals surface area (Å²) in [6, 6.07) is 16.0. The molecular weight excluding hydrogens is 328 g/mol. The number of fused-ring (bicyclic) bond motifs is 1. The molecule has 5 heteroatoms. The Labute approximate surface area is 153 Å². The number of ether oxygens (including phenoxy) is 2. The van der Waals surface area contributed by atoms with Gasteiger partial charge in [0, 0.05) is 18.5 Å². The minimum absolute atomic E-state index is 0.0564. The molecule has 0 aliphatic carbocycles. The maximum atomic E-state index is 9.53. The standard InChI is InChI=1S/C21H24N2O3/c1-15-13-19(23(11-12-24)14-16-7-5-4-6-8-16)22-21-18(26-3)10-9-17(25-2)20(15)21/h4-10,13,24H,11-12,14H2,1-3H3. The lowest BCUT2D eigenvalue weighted by Crippen LogP contribution is -2.27. The number of hydrogen-bond donors (Lipinski definition) is 1. The second kappa shape index (κ2) is 8.06. The van der Waals surface area contributed by atoms with Gasteiger partial charge in [-0.15, -0.1) is 0 Å². The minimum Gasteiger partial charge on any atom is -0.496 e. The van der Waals surface area contributed by atoms with E-state index in [9.17, 15) is 5.11 Å². The third-order valence-corrected chi connectivity index (χ3v) is 4.42. The van der Waals surface area contributed by atoms with Gasteiger partial charge in [0.1, 0.15) is 22.8 Å². The molecule has 0 spiro atoms. The average molecular weight is 352 g/mol. The monoisotopic (exact) mass is 352 g/mol. The van der Waals surface area contributed by atoms with E-state index in [1.165, 1.54) is 0 Å². The van der Waals surface area contributed by atoms with Gasteiger partial charge < -0.3 is 19.5 Å². The van der Waals surface area contributed by atoms with Gasteiger partial charge in [-0.3, -0.25) is 0 Å². The van der Waals surface area contributed by atoms with Crippen LogP contribution in [0.15, 0.2) is 48.5 Å². The molecule has 5 nitrogen and oxygen atoms in total. The van der Waals surface area contributed by atoms with E-state index < -0.39 is 0 Å². The summed E-state index contributed by atoms with van der Waals surface area (Å²) < 4.78 is 11.0. The van der Waals surface area contributed by atoms with Crippen LogP contribution in [0.25, 0.3) is 10.9 Å². The molecule has 26 heavy (non-hydrogen) atoms. The van der Waals surface area contributed by atoms with Crippen LogP contribution in [0, 0.1) is 6.92 Å². The average Bonchev–Trinajstić information content (AvgIpc) is 2.67. The van der Waals surface area contributed by atoms with Crippen molar-refractivity contribution in [2.75, 3.05) is 32.3 Å². The molecule has 3 aromatic rings. The number of aromatic nitrogens is 1. The number of methoxy groups -OCH3 is 2. The fourth-order valence-corrected chi connectivity index (χ4v) is 3.15. The second-order valence-corrected chi connectivity index (χ2v) is 6.12. The minimum atomic E-state index is 0.0564. The summed E-state index contributed by atoms with van der Waals surface area (Å²) in [7, 11) is 3.29. The maximum absolute atomic E-state index is 9.53. The van der Waals surface area contributed by atoms with Crippen LogP contribution in [-0.2, 0) is 6.54 Å². The molecule has 0 atom stereocenters. The van der Waals surface area contributed by atoms with E-state index in [0.29, 0.717) is 18.8 Å². The SMILES string of the molecule is COc1ccc(OC)c2c(C)cc(N(CCO)Cc3ccccc3)nc12. The fourth-order valence-electron chi connectivity index (χ4n) is 3.15. The van der Waals surface area contributed by atoms with Gasteiger partial charge in [0.15, 0.2) is 0 Å². The molecule has 0 aliphatic rings. The van der Waals surface area contributed by atoms with Gasteiger partial charge in [-0.2, -0.15) is 0 Å². The van der Waals surface area contributed by atoms with Crippen LogP contribution < -0.4 is 14.4 Å². The van der Waals surface area contributed by atoms with E-state index in [2.05, 4.69) is 17.0 Å². The molecule has 0 aliphatic heterocycles. The molecule has 1 aromatic heterocycles. The third-order valence-electron chi connectivity index (χ3n) is 4.42. The zero-order valence-corrected chi connectivity index (χ0v) is 15.4. The van der Waals surface area contributed by atoms with Gasteiger partial charge in [0.2, 0.25) is 0 Å². The van der Waals surface area contributed by atoms with Gasteiger partial charge in [0.25, 0.3) is 0 Å². The largest absolute Gasteiger partial charge is 0.496 e. The Bertz CT molecular complexity index is 881. The van der Waals surface area contributed by atoms with Crippen LogP contribution in [0.1, 0.15) is 11.1 Å². The summed E-state index contributed by atoms with van der Waals surface area (Å²) in [5.74, 6) is 2.28. The number of rotatable bonds is 7. The molecule has 0 fully saturated rings. The third kappa shape index (κ3) is 3.58. The molecule has 0 saturated heterocycles. The van der Waals surface area contributed by atoms with Crippen molar-refractivity contribution >= 4 is 16.7 Å². The highest BCUT2D eigenvalue weighted by molar-refractivity contribution is 5.94. The first-order valence-electron chi connectivity index (χ1n) is 8.60. The van der Waals surface area contributed by atoms with Crippen molar-refractivity contribution in [3.05, 3.63) is 59.7 Å². The van der Waals surface area contributed by atoms with E-state index in [0.717, 1.165) is 33.6 Å². The van der Waals surface area contributed by atoms with Gasteiger partial charge in [-0.05, 0) is 36.2 Å². The highest BCUT2D eigenvalue weighted by Gasteiger charge is 2.16. The Morgan fingerprint density at radius 1 is 1.00 bits per heavy atom. The Morgan fingerprint density at radius 3 is 2.35 bits per heavy atom. The number of hydrogen-bond acceptors (Lipinski definition) is 5. The van der Waals surface area contributed by atoms with E-state index in [4.69, 9.17) is 14.5 Å². The summed E-state index contributed by atoms with van der Waals surface area (Å²) in [6.07, 6.45) is 0. The Kier molecular flexibility index (Phi) is 5.58. The molecule has 0 unspecified atom stereocenters. The lowest BCUT2D eigenvalue weighted by atomic mass is 10.1. The molecule has 136 valence electrons. The highest BCUT2D eigenvalue weighted by Crippen LogP contribution is 2.36. The van der Waals surface area contributed by atoms with Crippen LogP contribution in [0.2, 0.25) is 0 Å². The second-order valence-electron chi connectivity index (χ2n) is 6.12. The maximum Gasteiger partial charge on any atom is 0.145 e. The van der Waals surface area contributed by atoms with Crippen LogP contribution in [-0.4, -0.2) is 37.5 Å². The van der Waals surface area contributed by atoms with Gasteiger partial charge in [-0.1, -0.05) is 30.3 Å². The van der Waals surface area contributed by atoms with E-state index in [-0.39, 0.29) is 6.61 Å². The van der Waals surface area contributed by atoms with E-state index in [1.807, 2.05) is 43.3 Å². The first-order chi connectivity index (χ1) is 12.7. The summed E-state index contributed by atoms with van der Waals surface area (Å²) in [5.41, 5.74) is 2.98. The van der Waals surface area contributed by atoms with Crippen LogP contribution in [0.5, 0.6) is 11.5 Å². The molecule has 0 amide bonds. The summed E-state index contributed by atoms with van der Waals surface area (Å²) in [6.45, 7) is 3.26. The van der Waals surface area contributed by atoms with Crippen molar-refractivity contribution in [2.24, 2.45) is 0 Å². The topological polar surface area (TPSA) is 54.8 Å². The van der Waals surface area contributed by atoms with Gasteiger partial charge >= 0.3 is 0 Å². The summed E-state index contributed by atoms with van der Waals surface area (Å²) in [5, 5.41) is 10.5. The predicted octanol–water partition coefficient (Wildman–Crippen LogP) is 3.56. The normalized spacial score (nSPS) is 10.8. The van der Waals surface area contributed by atoms with Crippen molar-refractivity contribution in [1.82, 2.24) is 4.98 Å². The van der Waals surface area contributed by atoms with Crippen LogP contribution in [0.4, 0.5) is 5.82 Å². The number of nitrogens with zero attached hydrogens (tertiary/aromatic N) is 2. The predicted molar refractivity (Wildman–Crippen MR) is 104 cm³/mol. The lowest BCUT2D eigenvalue weighted by molar-refractivity contribution is 0.301. The lowest BCUT2D eigenvalue weighted by Gasteiger charge is -2.24. The Morgan fingerprint density at radius 2 is 1.69 bits per heavy atom. The van der Waals surface area contributed by atoms with Gasteiger partial charge in [0.05, 0.1) is 20.8 Å². The summed E-state index contributed by atoms with van der Waals surface area (Å²) in [4.78, 5) is 6.91. The fraction of sp³-hybridized carbons (Fsp3) is 0.286. The quantitative estimate of drug-likeness (QED) is 0.705. The number of aliphatic hydroxyl groups excluding tert-OH is 1. The number of benzene rings is 2. The molecule has 0 bridgehead atoms. The highest BCUT2D eigenvalue weighted by atomic mass is 16.5. The van der Waals surface area contributed by atoms with Crippen LogP contribution >= 0.6 is 0 Å². The first-order valence-corrected chi connectivity index (χ1v) is 8.60. The van der Waals surface area contributed by atoms with Crippen molar-refractivity contribution in [2.45, 2.75) is 13.5 Å². The van der Waals surface area contributed by atoms with E-state index >= 15 is 0 Å².